The van der Waals surface area contributed by atoms with Gasteiger partial charge in [0.05, 0.1) is 23.7 Å². The summed E-state index contributed by atoms with van der Waals surface area (Å²) in [5, 5.41) is 5.54. The fourth-order valence-electron chi connectivity index (χ4n) is 2.42. The van der Waals surface area contributed by atoms with E-state index in [1.165, 1.54) is 0 Å². The van der Waals surface area contributed by atoms with Gasteiger partial charge < -0.3 is 10.1 Å². The van der Waals surface area contributed by atoms with Crippen LogP contribution in [-0.2, 0) is 16.1 Å². The highest BCUT2D eigenvalue weighted by Gasteiger charge is 2.27. The summed E-state index contributed by atoms with van der Waals surface area (Å²) in [6, 6.07) is 0.412. The second-order valence-electron chi connectivity index (χ2n) is 4.67. The minimum Gasteiger partial charge on any atom is -0.466 e. The van der Waals surface area contributed by atoms with E-state index in [2.05, 4.69) is 15.7 Å². The fourth-order valence-corrected chi connectivity index (χ4v) is 2.98. The average Bonchev–Trinajstić information content (AvgIpc) is 2.90. The van der Waals surface area contributed by atoms with E-state index >= 15 is 0 Å². The Balaban J connectivity index is 1.77. The Morgan fingerprint density at radius 1 is 1.61 bits per heavy atom. The number of aromatic nitrogens is 1. The van der Waals surface area contributed by atoms with Crippen LogP contribution >= 0.6 is 11.3 Å². The number of carbonyl (C=O) groups is 1. The normalized spacial score (nSPS) is 23.8. The predicted octanol–water partition coefficient (Wildman–Crippen LogP) is 2.35. The molecule has 5 heteroatoms. The lowest BCUT2D eigenvalue weighted by molar-refractivity contribution is -0.149. The molecular weight excluding hydrogens is 248 g/mol. The van der Waals surface area contributed by atoms with Crippen LogP contribution in [0.15, 0.2) is 10.9 Å². The molecule has 0 saturated heterocycles. The molecule has 2 atom stereocenters. The largest absolute Gasteiger partial charge is 0.466 e. The van der Waals surface area contributed by atoms with Crippen LogP contribution in [0.2, 0.25) is 0 Å². The molecule has 1 aliphatic carbocycles. The third kappa shape index (κ3) is 3.78. The fraction of sp³-hybridized carbons (Fsp3) is 0.692. The molecule has 1 aromatic rings. The Kier molecular flexibility index (Phi) is 5.13. The molecule has 1 fully saturated rings. The first-order chi connectivity index (χ1) is 8.79. The van der Waals surface area contributed by atoms with Gasteiger partial charge in [-0.1, -0.05) is 6.42 Å². The van der Waals surface area contributed by atoms with Gasteiger partial charge in [0.1, 0.15) is 0 Å². The van der Waals surface area contributed by atoms with Crippen LogP contribution in [-0.4, -0.2) is 23.6 Å². The Morgan fingerprint density at radius 3 is 3.22 bits per heavy atom. The predicted molar refractivity (Wildman–Crippen MR) is 71.3 cm³/mol. The van der Waals surface area contributed by atoms with Gasteiger partial charge in [-0.3, -0.25) is 4.79 Å². The first kappa shape index (κ1) is 13.5. The second kappa shape index (κ2) is 6.85. The summed E-state index contributed by atoms with van der Waals surface area (Å²) >= 11 is 1.61. The van der Waals surface area contributed by atoms with Gasteiger partial charge >= 0.3 is 5.97 Å². The van der Waals surface area contributed by atoms with Crippen molar-refractivity contribution in [3.8, 4) is 0 Å². The van der Waals surface area contributed by atoms with Gasteiger partial charge in [0.15, 0.2) is 0 Å². The Bertz CT molecular complexity index is 367. The Labute approximate surface area is 112 Å². The standard InChI is InChI=1S/C13H20N2O2S/c1-2-17-13(16)10-4-3-5-11(6-10)14-7-12-8-18-9-15-12/h8-11,14H,2-7H2,1H3. The number of hydrogen-bond acceptors (Lipinski definition) is 5. The van der Waals surface area contributed by atoms with Gasteiger partial charge in [-0.25, -0.2) is 4.98 Å². The minimum atomic E-state index is -0.0299. The van der Waals surface area contributed by atoms with E-state index < -0.39 is 0 Å². The molecule has 0 radical (unpaired) electrons. The lowest BCUT2D eigenvalue weighted by Gasteiger charge is -2.28. The number of nitrogens with zero attached hydrogens (tertiary/aromatic N) is 1. The summed E-state index contributed by atoms with van der Waals surface area (Å²) in [5.41, 5.74) is 2.93. The van der Waals surface area contributed by atoms with Crippen molar-refractivity contribution in [3.63, 3.8) is 0 Å². The van der Waals surface area contributed by atoms with E-state index in [0.29, 0.717) is 12.6 Å². The first-order valence-corrected chi connectivity index (χ1v) is 7.51. The zero-order valence-corrected chi connectivity index (χ0v) is 11.5. The second-order valence-corrected chi connectivity index (χ2v) is 5.39. The van der Waals surface area contributed by atoms with E-state index in [1.54, 1.807) is 11.3 Å². The average molecular weight is 268 g/mol. The van der Waals surface area contributed by atoms with Gasteiger partial charge in [0.2, 0.25) is 0 Å². The number of esters is 1. The molecule has 0 bridgehead atoms. The SMILES string of the molecule is CCOC(=O)C1CCCC(NCc2cscn2)C1. The van der Waals surface area contributed by atoms with Crippen LogP contribution < -0.4 is 5.32 Å². The third-order valence-electron chi connectivity index (χ3n) is 3.35. The molecule has 0 aromatic carbocycles. The van der Waals surface area contributed by atoms with E-state index in [-0.39, 0.29) is 11.9 Å². The molecular formula is C13H20N2O2S. The van der Waals surface area contributed by atoms with Crippen molar-refractivity contribution in [2.45, 2.75) is 45.2 Å². The topological polar surface area (TPSA) is 51.2 Å². The zero-order chi connectivity index (χ0) is 12.8. The molecule has 2 rings (SSSR count). The number of carbonyl (C=O) groups excluding carboxylic acids is 1. The molecule has 2 unspecified atom stereocenters. The van der Waals surface area contributed by atoms with Crippen LogP contribution in [0.1, 0.15) is 38.3 Å². The summed E-state index contributed by atoms with van der Waals surface area (Å²) < 4.78 is 5.10. The van der Waals surface area contributed by atoms with Crippen LogP contribution in [0, 0.1) is 5.92 Å². The van der Waals surface area contributed by atoms with Crippen molar-refractivity contribution < 1.29 is 9.53 Å². The quantitative estimate of drug-likeness (QED) is 0.833. The van der Waals surface area contributed by atoms with E-state index in [1.807, 2.05) is 12.4 Å². The molecule has 1 aromatic heterocycles. The number of ether oxygens (including phenoxy) is 1. The minimum absolute atomic E-state index is 0.0299. The molecule has 0 amide bonds. The summed E-state index contributed by atoms with van der Waals surface area (Å²) in [6.45, 7) is 3.13. The molecule has 1 N–H and O–H groups in total. The molecule has 1 saturated carbocycles. The third-order valence-corrected chi connectivity index (χ3v) is 3.98. The maximum Gasteiger partial charge on any atom is 0.308 e. The molecule has 0 aliphatic heterocycles. The van der Waals surface area contributed by atoms with Gasteiger partial charge in [-0.15, -0.1) is 11.3 Å². The van der Waals surface area contributed by atoms with Crippen LogP contribution in [0.4, 0.5) is 0 Å². The highest BCUT2D eigenvalue weighted by molar-refractivity contribution is 7.07. The molecule has 1 heterocycles. The summed E-state index contributed by atoms with van der Waals surface area (Å²) in [4.78, 5) is 16.0. The number of thiazole rings is 1. The maximum absolute atomic E-state index is 11.7. The van der Waals surface area contributed by atoms with Crippen molar-refractivity contribution >= 4 is 17.3 Å². The molecule has 0 spiro atoms. The molecule has 100 valence electrons. The van der Waals surface area contributed by atoms with Gasteiger partial charge in [-0.2, -0.15) is 0 Å². The van der Waals surface area contributed by atoms with Crippen molar-refractivity contribution in [1.82, 2.24) is 10.3 Å². The number of rotatable bonds is 5. The summed E-state index contributed by atoms with van der Waals surface area (Å²) in [6.07, 6.45) is 4.09. The Morgan fingerprint density at radius 2 is 2.50 bits per heavy atom. The van der Waals surface area contributed by atoms with Gasteiger partial charge in [-0.05, 0) is 26.2 Å². The molecule has 4 nitrogen and oxygen atoms in total. The van der Waals surface area contributed by atoms with E-state index in [4.69, 9.17) is 4.74 Å². The van der Waals surface area contributed by atoms with Crippen molar-refractivity contribution in [2.24, 2.45) is 5.92 Å². The van der Waals surface area contributed by atoms with Crippen molar-refractivity contribution in [3.05, 3.63) is 16.6 Å². The number of hydrogen-bond donors (Lipinski definition) is 1. The number of nitrogens with one attached hydrogen (secondary N) is 1. The summed E-state index contributed by atoms with van der Waals surface area (Å²) in [7, 11) is 0. The first-order valence-electron chi connectivity index (χ1n) is 6.56. The van der Waals surface area contributed by atoms with E-state index in [0.717, 1.165) is 37.9 Å². The van der Waals surface area contributed by atoms with E-state index in [9.17, 15) is 4.79 Å². The highest BCUT2D eigenvalue weighted by atomic mass is 32.1. The van der Waals surface area contributed by atoms with Crippen LogP contribution in [0.25, 0.3) is 0 Å². The van der Waals surface area contributed by atoms with Crippen LogP contribution in [0.3, 0.4) is 0 Å². The van der Waals surface area contributed by atoms with Crippen molar-refractivity contribution in [1.29, 1.82) is 0 Å². The van der Waals surface area contributed by atoms with Gasteiger partial charge in [0, 0.05) is 18.0 Å². The molecule has 1 aliphatic rings. The van der Waals surface area contributed by atoms with Gasteiger partial charge in [0.25, 0.3) is 0 Å². The highest BCUT2D eigenvalue weighted by Crippen LogP contribution is 2.25. The maximum atomic E-state index is 11.7. The smallest absolute Gasteiger partial charge is 0.308 e. The monoisotopic (exact) mass is 268 g/mol. The Hall–Kier alpha value is -0.940. The van der Waals surface area contributed by atoms with Crippen LogP contribution in [0.5, 0.6) is 0 Å². The van der Waals surface area contributed by atoms with Crippen molar-refractivity contribution in [2.75, 3.05) is 6.61 Å². The summed E-state index contributed by atoms with van der Waals surface area (Å²) in [5.74, 6) is 0.0456. The lowest BCUT2D eigenvalue weighted by Crippen LogP contribution is -2.36. The molecule has 18 heavy (non-hydrogen) atoms. The lowest BCUT2D eigenvalue weighted by atomic mass is 9.85. The zero-order valence-electron chi connectivity index (χ0n) is 10.7.